The Bertz CT molecular complexity index is 946. The SMILES string of the molecule is CC(=N)C1=C(O)C(CC(N)=O)N=C(c2ccc(Cl)cc2)c2ccccc21. The molecule has 0 aliphatic carbocycles. The summed E-state index contributed by atoms with van der Waals surface area (Å²) in [6.07, 6.45) is -0.145. The number of hydrogen-bond donors (Lipinski definition) is 3. The number of aliphatic imine (C=N–C) groups is 1. The summed E-state index contributed by atoms with van der Waals surface area (Å²) in [6, 6.07) is 13.7. The zero-order valence-corrected chi connectivity index (χ0v) is 14.9. The summed E-state index contributed by atoms with van der Waals surface area (Å²) in [7, 11) is 0. The molecule has 0 bridgehead atoms. The van der Waals surface area contributed by atoms with E-state index in [0.717, 1.165) is 11.1 Å². The number of primary amides is 1. The van der Waals surface area contributed by atoms with Crippen molar-refractivity contribution in [2.75, 3.05) is 0 Å². The second-order valence-corrected chi connectivity index (χ2v) is 6.54. The Hall–Kier alpha value is -2.92. The van der Waals surface area contributed by atoms with Gasteiger partial charge in [0.25, 0.3) is 0 Å². The largest absolute Gasteiger partial charge is 0.509 e. The molecule has 1 amide bonds. The van der Waals surface area contributed by atoms with Crippen LogP contribution in [0.3, 0.4) is 0 Å². The number of halogens is 1. The van der Waals surface area contributed by atoms with E-state index in [4.69, 9.17) is 22.7 Å². The van der Waals surface area contributed by atoms with Crippen LogP contribution in [0.1, 0.15) is 30.0 Å². The lowest BCUT2D eigenvalue weighted by Gasteiger charge is -2.13. The predicted molar refractivity (Wildman–Crippen MR) is 104 cm³/mol. The van der Waals surface area contributed by atoms with E-state index in [0.29, 0.717) is 21.9 Å². The number of hydrogen-bond acceptors (Lipinski definition) is 4. The van der Waals surface area contributed by atoms with E-state index in [1.807, 2.05) is 36.4 Å². The summed E-state index contributed by atoms with van der Waals surface area (Å²) in [6.45, 7) is 1.59. The van der Waals surface area contributed by atoms with E-state index in [9.17, 15) is 9.90 Å². The van der Waals surface area contributed by atoms with Crippen LogP contribution in [0.5, 0.6) is 0 Å². The van der Waals surface area contributed by atoms with Crippen molar-refractivity contribution in [2.45, 2.75) is 19.4 Å². The molecule has 1 heterocycles. The highest BCUT2D eigenvalue weighted by Crippen LogP contribution is 2.32. The first kappa shape index (κ1) is 17.9. The number of aliphatic hydroxyl groups is 1. The first-order chi connectivity index (χ1) is 12.4. The Morgan fingerprint density at radius 1 is 1.19 bits per heavy atom. The van der Waals surface area contributed by atoms with Crippen LogP contribution in [0.15, 0.2) is 59.3 Å². The molecule has 0 spiro atoms. The quantitative estimate of drug-likeness (QED) is 0.717. The topological polar surface area (TPSA) is 99.5 Å². The predicted octanol–water partition coefficient (Wildman–Crippen LogP) is 3.74. The fourth-order valence-corrected chi connectivity index (χ4v) is 3.19. The third-order valence-corrected chi connectivity index (χ3v) is 4.45. The van der Waals surface area contributed by atoms with Crippen LogP contribution in [0.2, 0.25) is 5.02 Å². The normalized spacial score (nSPS) is 16.5. The summed E-state index contributed by atoms with van der Waals surface area (Å²) >= 11 is 5.99. The number of nitrogens with two attached hydrogens (primary N) is 1. The van der Waals surface area contributed by atoms with Crippen LogP contribution in [-0.2, 0) is 4.79 Å². The van der Waals surface area contributed by atoms with Crippen molar-refractivity contribution in [3.8, 4) is 0 Å². The summed E-state index contributed by atoms with van der Waals surface area (Å²) in [5, 5.41) is 19.5. The third kappa shape index (κ3) is 3.39. The van der Waals surface area contributed by atoms with E-state index >= 15 is 0 Å². The van der Waals surface area contributed by atoms with Gasteiger partial charge in [0, 0.05) is 27.4 Å². The molecule has 0 radical (unpaired) electrons. The maximum atomic E-state index is 11.5. The number of amides is 1. The first-order valence-electron chi connectivity index (χ1n) is 8.09. The molecule has 1 aliphatic rings. The molecule has 26 heavy (non-hydrogen) atoms. The molecule has 2 aromatic rings. The number of nitrogens with zero attached hydrogens (tertiary/aromatic N) is 1. The monoisotopic (exact) mass is 367 g/mol. The van der Waals surface area contributed by atoms with Crippen molar-refractivity contribution in [1.29, 1.82) is 5.41 Å². The van der Waals surface area contributed by atoms with Gasteiger partial charge in [0.05, 0.1) is 12.1 Å². The van der Waals surface area contributed by atoms with Gasteiger partial charge in [-0.05, 0) is 24.6 Å². The molecule has 5 nitrogen and oxygen atoms in total. The van der Waals surface area contributed by atoms with Crippen molar-refractivity contribution in [3.63, 3.8) is 0 Å². The molecule has 0 saturated carbocycles. The smallest absolute Gasteiger partial charge is 0.220 e. The molecule has 1 unspecified atom stereocenters. The lowest BCUT2D eigenvalue weighted by Crippen LogP contribution is -2.22. The maximum Gasteiger partial charge on any atom is 0.220 e. The third-order valence-electron chi connectivity index (χ3n) is 4.20. The van der Waals surface area contributed by atoms with Crippen LogP contribution < -0.4 is 5.73 Å². The highest BCUT2D eigenvalue weighted by atomic mass is 35.5. The number of fused-ring (bicyclic) bond motifs is 1. The lowest BCUT2D eigenvalue weighted by atomic mass is 9.91. The van der Waals surface area contributed by atoms with Gasteiger partial charge in [-0.1, -0.05) is 48.0 Å². The summed E-state index contributed by atoms with van der Waals surface area (Å²) in [5.74, 6) is -0.693. The molecule has 1 aliphatic heterocycles. The van der Waals surface area contributed by atoms with Crippen molar-refractivity contribution >= 4 is 34.5 Å². The Morgan fingerprint density at radius 2 is 1.81 bits per heavy atom. The number of aliphatic hydroxyl groups excluding tert-OH is 1. The average Bonchev–Trinajstić information content (AvgIpc) is 2.70. The zero-order valence-electron chi connectivity index (χ0n) is 14.2. The average molecular weight is 368 g/mol. The van der Waals surface area contributed by atoms with Crippen molar-refractivity contribution in [2.24, 2.45) is 10.7 Å². The van der Waals surface area contributed by atoms with Gasteiger partial charge in [-0.25, -0.2) is 0 Å². The lowest BCUT2D eigenvalue weighted by molar-refractivity contribution is -0.118. The van der Waals surface area contributed by atoms with Gasteiger partial charge in [-0.3, -0.25) is 9.79 Å². The Balaban J connectivity index is 2.29. The molecular formula is C20H18ClN3O2. The summed E-state index contributed by atoms with van der Waals surface area (Å²) < 4.78 is 0. The molecule has 0 aromatic heterocycles. The van der Waals surface area contributed by atoms with E-state index in [1.54, 1.807) is 19.1 Å². The summed E-state index contributed by atoms with van der Waals surface area (Å²) in [4.78, 5) is 16.1. The highest BCUT2D eigenvalue weighted by Gasteiger charge is 2.28. The van der Waals surface area contributed by atoms with E-state index in [1.165, 1.54) is 0 Å². The van der Waals surface area contributed by atoms with Gasteiger partial charge >= 0.3 is 0 Å². The number of benzene rings is 2. The Kier molecular flexibility index (Phi) is 4.91. The number of rotatable bonds is 4. The van der Waals surface area contributed by atoms with Gasteiger partial charge in [-0.15, -0.1) is 0 Å². The minimum Gasteiger partial charge on any atom is -0.509 e. The summed E-state index contributed by atoms with van der Waals surface area (Å²) in [5.41, 5.74) is 8.80. The maximum absolute atomic E-state index is 11.5. The molecule has 2 aromatic carbocycles. The number of allylic oxidation sites excluding steroid dienone is 1. The zero-order chi connectivity index (χ0) is 18.8. The Labute approximate surface area is 156 Å². The molecule has 4 N–H and O–H groups in total. The number of carbonyl (C=O) groups excluding carboxylic acids is 1. The highest BCUT2D eigenvalue weighted by molar-refractivity contribution is 6.31. The minimum atomic E-state index is -0.846. The minimum absolute atomic E-state index is 0.118. The molecule has 3 rings (SSSR count). The van der Waals surface area contributed by atoms with Crippen LogP contribution in [0.4, 0.5) is 0 Å². The molecule has 0 fully saturated rings. The van der Waals surface area contributed by atoms with Crippen LogP contribution in [0, 0.1) is 5.41 Å². The van der Waals surface area contributed by atoms with Crippen LogP contribution in [0.25, 0.3) is 5.57 Å². The van der Waals surface area contributed by atoms with Crippen molar-refractivity contribution < 1.29 is 9.90 Å². The van der Waals surface area contributed by atoms with Gasteiger partial charge in [0.1, 0.15) is 11.8 Å². The van der Waals surface area contributed by atoms with E-state index in [-0.39, 0.29) is 17.9 Å². The fraction of sp³-hybridized carbons (Fsp3) is 0.150. The van der Waals surface area contributed by atoms with Gasteiger partial charge in [-0.2, -0.15) is 0 Å². The van der Waals surface area contributed by atoms with Crippen LogP contribution in [-0.4, -0.2) is 28.5 Å². The molecule has 1 atom stereocenters. The van der Waals surface area contributed by atoms with E-state index in [2.05, 4.69) is 4.99 Å². The second-order valence-electron chi connectivity index (χ2n) is 6.10. The van der Waals surface area contributed by atoms with Crippen molar-refractivity contribution in [1.82, 2.24) is 0 Å². The van der Waals surface area contributed by atoms with Gasteiger partial charge in [0.15, 0.2) is 0 Å². The fourth-order valence-electron chi connectivity index (χ4n) is 3.06. The molecule has 0 saturated heterocycles. The first-order valence-corrected chi connectivity index (χ1v) is 8.46. The molecule has 6 heteroatoms. The standard InChI is InChI=1S/C20H18ClN3O2/c1-11(22)18-14-4-2-3-5-15(14)19(12-6-8-13(21)9-7-12)24-16(20(18)26)10-17(23)25/h2-9,16,22,26H,10H2,1H3,(H2,23,25). The van der Waals surface area contributed by atoms with Gasteiger partial charge in [0.2, 0.25) is 5.91 Å². The Morgan fingerprint density at radius 3 is 2.38 bits per heavy atom. The van der Waals surface area contributed by atoms with Crippen molar-refractivity contribution in [3.05, 3.63) is 76.0 Å². The van der Waals surface area contributed by atoms with Gasteiger partial charge < -0.3 is 16.2 Å². The molecular weight excluding hydrogens is 350 g/mol. The molecule has 132 valence electrons. The van der Waals surface area contributed by atoms with E-state index < -0.39 is 11.9 Å². The second kappa shape index (κ2) is 7.14. The number of nitrogens with one attached hydrogen (secondary N) is 1. The number of carbonyl (C=O) groups is 1. The van der Waals surface area contributed by atoms with Crippen LogP contribution >= 0.6 is 11.6 Å².